The van der Waals surface area contributed by atoms with Crippen molar-refractivity contribution in [1.82, 2.24) is 4.98 Å². The molecule has 1 aliphatic carbocycles. The largest absolute Gasteiger partial charge is 0.301 e. The quantitative estimate of drug-likeness (QED) is 0.863. The van der Waals surface area contributed by atoms with E-state index in [9.17, 15) is 14.0 Å². The van der Waals surface area contributed by atoms with E-state index in [-0.39, 0.29) is 17.5 Å². The summed E-state index contributed by atoms with van der Waals surface area (Å²) < 4.78 is 13.2. The van der Waals surface area contributed by atoms with Gasteiger partial charge in [0.25, 0.3) is 0 Å². The van der Waals surface area contributed by atoms with Gasteiger partial charge in [-0.1, -0.05) is 25.0 Å². The highest BCUT2D eigenvalue weighted by atomic mass is 32.1. The van der Waals surface area contributed by atoms with Crippen molar-refractivity contribution >= 4 is 28.2 Å². The number of thiazole rings is 1. The zero-order valence-electron chi connectivity index (χ0n) is 12.8. The smallest absolute Gasteiger partial charge is 0.236 e. The first-order valence-electron chi connectivity index (χ1n) is 7.55. The third kappa shape index (κ3) is 3.03. The molecule has 1 amide bonds. The maximum Gasteiger partial charge on any atom is 0.236 e. The van der Waals surface area contributed by atoms with Crippen molar-refractivity contribution in [2.75, 3.05) is 5.32 Å². The van der Waals surface area contributed by atoms with Gasteiger partial charge in [-0.05, 0) is 30.5 Å². The number of rotatable bonds is 4. The van der Waals surface area contributed by atoms with Gasteiger partial charge in [0.15, 0.2) is 10.9 Å². The van der Waals surface area contributed by atoms with Gasteiger partial charge >= 0.3 is 0 Å². The minimum Gasteiger partial charge on any atom is -0.301 e. The highest BCUT2D eigenvalue weighted by molar-refractivity contribution is 7.14. The summed E-state index contributed by atoms with van der Waals surface area (Å²) >= 11 is 1.24. The van der Waals surface area contributed by atoms with Crippen LogP contribution in [0.4, 0.5) is 9.52 Å². The molecule has 1 saturated carbocycles. The number of nitrogens with one attached hydrogen (secondary N) is 1. The van der Waals surface area contributed by atoms with Gasteiger partial charge in [0.1, 0.15) is 11.5 Å². The Morgan fingerprint density at radius 1 is 1.22 bits per heavy atom. The summed E-state index contributed by atoms with van der Waals surface area (Å²) in [5.74, 6) is -0.574. The summed E-state index contributed by atoms with van der Waals surface area (Å²) in [6.07, 6.45) is 3.38. The average Bonchev–Trinajstić information content (AvgIpc) is 3.17. The van der Waals surface area contributed by atoms with Crippen LogP contribution in [0, 0.1) is 5.82 Å². The minimum absolute atomic E-state index is 0.129. The normalized spacial score (nSPS) is 16.3. The number of carbonyl (C=O) groups is 2. The molecule has 1 aliphatic rings. The number of anilines is 1. The Morgan fingerprint density at radius 2 is 1.87 bits per heavy atom. The Labute approximate surface area is 137 Å². The highest BCUT2D eigenvalue weighted by Gasteiger charge is 2.43. The number of carbonyl (C=O) groups excluding carboxylic acids is 2. The fourth-order valence-corrected chi connectivity index (χ4v) is 3.85. The Kier molecular flexibility index (Phi) is 4.26. The van der Waals surface area contributed by atoms with Gasteiger partial charge in [-0.25, -0.2) is 9.37 Å². The van der Waals surface area contributed by atoms with Gasteiger partial charge in [-0.3, -0.25) is 9.59 Å². The molecule has 23 heavy (non-hydrogen) atoms. The molecule has 6 heteroatoms. The van der Waals surface area contributed by atoms with Crippen molar-refractivity contribution in [2.45, 2.75) is 38.0 Å². The number of benzene rings is 1. The second-order valence-electron chi connectivity index (χ2n) is 5.84. The molecule has 0 atom stereocenters. The van der Waals surface area contributed by atoms with E-state index in [1.165, 1.54) is 30.4 Å². The van der Waals surface area contributed by atoms with Crippen LogP contribution in [-0.2, 0) is 10.2 Å². The molecular weight excluding hydrogens is 315 g/mol. The SMILES string of the molecule is CC(=O)c1csc(NC(=O)C2(c3ccc(F)cc3)CCCC2)n1. The summed E-state index contributed by atoms with van der Waals surface area (Å²) in [5.41, 5.74) is 0.542. The van der Waals surface area contributed by atoms with Crippen LogP contribution in [0.15, 0.2) is 29.6 Å². The van der Waals surface area contributed by atoms with Crippen molar-refractivity contribution in [2.24, 2.45) is 0 Å². The van der Waals surface area contributed by atoms with E-state index in [1.54, 1.807) is 17.5 Å². The Hall–Kier alpha value is -2.08. The van der Waals surface area contributed by atoms with E-state index in [0.29, 0.717) is 10.8 Å². The van der Waals surface area contributed by atoms with Crippen LogP contribution in [-0.4, -0.2) is 16.7 Å². The summed E-state index contributed by atoms with van der Waals surface area (Å²) in [4.78, 5) is 28.3. The zero-order chi connectivity index (χ0) is 16.4. The number of hydrogen-bond donors (Lipinski definition) is 1. The first-order chi connectivity index (χ1) is 11.0. The molecule has 1 aromatic carbocycles. The fourth-order valence-electron chi connectivity index (χ4n) is 3.10. The molecular formula is C17H17FN2O2S. The molecule has 0 unspecified atom stereocenters. The van der Waals surface area contributed by atoms with E-state index in [0.717, 1.165) is 31.2 Å². The first-order valence-corrected chi connectivity index (χ1v) is 8.43. The second kappa shape index (κ2) is 6.20. The molecule has 1 heterocycles. The topological polar surface area (TPSA) is 59.1 Å². The summed E-state index contributed by atoms with van der Waals surface area (Å²) in [6, 6.07) is 6.14. The van der Waals surface area contributed by atoms with Gasteiger partial charge in [0.05, 0.1) is 5.41 Å². The number of hydrogen-bond acceptors (Lipinski definition) is 4. The van der Waals surface area contributed by atoms with E-state index in [4.69, 9.17) is 0 Å². The van der Waals surface area contributed by atoms with Crippen LogP contribution >= 0.6 is 11.3 Å². The summed E-state index contributed by atoms with van der Waals surface area (Å²) in [6.45, 7) is 1.44. The lowest BCUT2D eigenvalue weighted by atomic mass is 9.78. The number of aromatic nitrogens is 1. The number of ketones is 1. The zero-order valence-corrected chi connectivity index (χ0v) is 13.6. The minimum atomic E-state index is -0.643. The molecule has 2 aromatic rings. The Bertz CT molecular complexity index is 733. The third-order valence-corrected chi connectivity index (χ3v) is 5.13. The molecule has 3 rings (SSSR count). The fraction of sp³-hybridized carbons (Fsp3) is 0.353. The van der Waals surface area contributed by atoms with E-state index >= 15 is 0 Å². The molecule has 1 N–H and O–H groups in total. The second-order valence-corrected chi connectivity index (χ2v) is 6.70. The van der Waals surface area contributed by atoms with E-state index in [1.807, 2.05) is 0 Å². The molecule has 1 aromatic heterocycles. The molecule has 1 fully saturated rings. The number of halogens is 1. The van der Waals surface area contributed by atoms with Gasteiger partial charge in [0, 0.05) is 12.3 Å². The number of amides is 1. The molecule has 4 nitrogen and oxygen atoms in total. The third-order valence-electron chi connectivity index (χ3n) is 4.37. The summed E-state index contributed by atoms with van der Waals surface area (Å²) in [5, 5.41) is 4.90. The molecule has 0 saturated heterocycles. The van der Waals surface area contributed by atoms with Crippen molar-refractivity contribution in [1.29, 1.82) is 0 Å². The summed E-state index contributed by atoms with van der Waals surface area (Å²) in [7, 11) is 0. The lowest BCUT2D eigenvalue weighted by Gasteiger charge is -2.27. The number of nitrogens with zero attached hydrogens (tertiary/aromatic N) is 1. The van der Waals surface area contributed by atoms with Crippen molar-refractivity contribution < 1.29 is 14.0 Å². The number of Topliss-reactive ketones (excluding diaryl/α,β-unsaturated/α-hetero) is 1. The maximum atomic E-state index is 13.2. The first kappa shape index (κ1) is 15.8. The van der Waals surface area contributed by atoms with Gasteiger partial charge < -0.3 is 5.32 Å². The van der Waals surface area contributed by atoms with Crippen LogP contribution in [0.25, 0.3) is 0 Å². The van der Waals surface area contributed by atoms with Crippen LogP contribution in [0.5, 0.6) is 0 Å². The van der Waals surface area contributed by atoms with Crippen molar-refractivity contribution in [3.05, 3.63) is 46.7 Å². The predicted octanol–water partition coefficient (Wildman–Crippen LogP) is 3.94. The lowest BCUT2D eigenvalue weighted by molar-refractivity contribution is -0.121. The van der Waals surface area contributed by atoms with Crippen LogP contribution in [0.1, 0.15) is 48.7 Å². The van der Waals surface area contributed by atoms with Gasteiger partial charge in [0.2, 0.25) is 5.91 Å². The highest BCUT2D eigenvalue weighted by Crippen LogP contribution is 2.42. The van der Waals surface area contributed by atoms with Gasteiger partial charge in [-0.2, -0.15) is 0 Å². The lowest BCUT2D eigenvalue weighted by Crippen LogP contribution is -2.38. The van der Waals surface area contributed by atoms with Gasteiger partial charge in [-0.15, -0.1) is 11.3 Å². The molecule has 0 radical (unpaired) electrons. The molecule has 120 valence electrons. The van der Waals surface area contributed by atoms with Crippen molar-refractivity contribution in [3.63, 3.8) is 0 Å². The average molecular weight is 332 g/mol. The monoisotopic (exact) mass is 332 g/mol. The Morgan fingerprint density at radius 3 is 2.43 bits per heavy atom. The maximum absolute atomic E-state index is 13.2. The van der Waals surface area contributed by atoms with Crippen molar-refractivity contribution in [3.8, 4) is 0 Å². The molecule has 0 bridgehead atoms. The van der Waals surface area contributed by atoms with Crippen LogP contribution in [0.2, 0.25) is 0 Å². The molecule has 0 aliphatic heterocycles. The van der Waals surface area contributed by atoms with Crippen LogP contribution < -0.4 is 5.32 Å². The Balaban J connectivity index is 1.86. The van der Waals surface area contributed by atoms with E-state index < -0.39 is 5.41 Å². The standard InChI is InChI=1S/C17H17FN2O2S/c1-11(21)14-10-23-16(19-14)20-15(22)17(8-2-3-9-17)12-4-6-13(18)7-5-12/h4-7,10H,2-3,8-9H2,1H3,(H,19,20,22). The predicted molar refractivity (Wildman–Crippen MR) is 87.3 cm³/mol. The molecule has 0 spiro atoms. The van der Waals surface area contributed by atoms with E-state index in [2.05, 4.69) is 10.3 Å². The van der Waals surface area contributed by atoms with Crippen LogP contribution in [0.3, 0.4) is 0 Å².